The molecule has 0 aliphatic heterocycles. The Labute approximate surface area is 131 Å². The molecule has 0 saturated carbocycles. The van der Waals surface area contributed by atoms with Crippen molar-refractivity contribution in [3.63, 3.8) is 0 Å². The van der Waals surface area contributed by atoms with Gasteiger partial charge in [0.25, 0.3) is 0 Å². The van der Waals surface area contributed by atoms with Gasteiger partial charge in [-0.15, -0.1) is 0 Å². The van der Waals surface area contributed by atoms with E-state index in [4.69, 9.17) is 0 Å². The molecule has 22 heavy (non-hydrogen) atoms. The van der Waals surface area contributed by atoms with Crippen LogP contribution in [-0.2, 0) is 24.4 Å². The van der Waals surface area contributed by atoms with Gasteiger partial charge in [-0.2, -0.15) is 10.2 Å². The quantitative estimate of drug-likeness (QED) is 0.821. The van der Waals surface area contributed by atoms with Crippen molar-refractivity contribution < 1.29 is 4.79 Å². The van der Waals surface area contributed by atoms with Crippen LogP contribution in [0, 0.1) is 20.8 Å². The Bertz CT molecular complexity index is 656. The molecule has 0 N–H and O–H groups in total. The smallest absolute Gasteiger partial charge is 0.224 e. The van der Waals surface area contributed by atoms with E-state index in [9.17, 15) is 4.79 Å². The number of hydrogen-bond donors (Lipinski definition) is 0. The summed E-state index contributed by atoms with van der Waals surface area (Å²) in [5.74, 6) is 0.121. The lowest BCUT2D eigenvalue weighted by Crippen LogP contribution is -2.27. The van der Waals surface area contributed by atoms with Crippen molar-refractivity contribution >= 4 is 5.91 Å². The van der Waals surface area contributed by atoms with Crippen molar-refractivity contribution in [3.05, 3.63) is 34.9 Å². The first-order chi connectivity index (χ1) is 10.4. The van der Waals surface area contributed by atoms with Crippen molar-refractivity contribution in [2.24, 2.45) is 0 Å². The maximum absolute atomic E-state index is 12.3. The maximum atomic E-state index is 12.3. The second kappa shape index (κ2) is 6.77. The summed E-state index contributed by atoms with van der Waals surface area (Å²) >= 11 is 0. The Hall–Kier alpha value is -2.11. The van der Waals surface area contributed by atoms with Gasteiger partial charge < -0.3 is 4.90 Å². The second-order valence-electron chi connectivity index (χ2n) is 5.69. The molecule has 0 bridgehead atoms. The molecule has 2 aromatic heterocycles. The first-order valence-corrected chi connectivity index (χ1v) is 7.69. The Morgan fingerprint density at radius 1 is 1.27 bits per heavy atom. The van der Waals surface area contributed by atoms with E-state index in [0.29, 0.717) is 19.5 Å². The molecule has 2 aromatic rings. The van der Waals surface area contributed by atoms with Crippen LogP contribution in [0.25, 0.3) is 0 Å². The van der Waals surface area contributed by atoms with Gasteiger partial charge in [-0.05, 0) is 33.8 Å². The molecule has 6 heteroatoms. The highest BCUT2D eigenvalue weighted by atomic mass is 16.2. The van der Waals surface area contributed by atoms with Crippen LogP contribution in [0.5, 0.6) is 0 Å². The molecule has 1 amide bonds. The van der Waals surface area contributed by atoms with Crippen LogP contribution < -0.4 is 0 Å². The highest BCUT2D eigenvalue weighted by Gasteiger charge is 2.16. The van der Waals surface area contributed by atoms with E-state index < -0.39 is 0 Å². The Morgan fingerprint density at radius 2 is 2.00 bits per heavy atom. The van der Waals surface area contributed by atoms with Crippen molar-refractivity contribution in [1.82, 2.24) is 24.5 Å². The lowest BCUT2D eigenvalue weighted by molar-refractivity contribution is -0.130. The zero-order valence-corrected chi connectivity index (χ0v) is 14.1. The van der Waals surface area contributed by atoms with E-state index in [1.165, 1.54) is 0 Å². The number of amides is 1. The van der Waals surface area contributed by atoms with E-state index in [0.717, 1.165) is 29.2 Å². The monoisotopic (exact) mass is 303 g/mol. The van der Waals surface area contributed by atoms with Crippen molar-refractivity contribution in [3.8, 4) is 0 Å². The van der Waals surface area contributed by atoms with Crippen LogP contribution in [0.1, 0.15) is 36.0 Å². The molecule has 6 nitrogen and oxygen atoms in total. The minimum Gasteiger partial charge on any atom is -0.341 e. The van der Waals surface area contributed by atoms with Crippen molar-refractivity contribution in [1.29, 1.82) is 0 Å². The summed E-state index contributed by atoms with van der Waals surface area (Å²) in [5.41, 5.74) is 4.26. The fraction of sp³-hybridized carbons (Fsp3) is 0.562. The molecule has 0 fully saturated rings. The van der Waals surface area contributed by atoms with E-state index in [1.54, 1.807) is 4.90 Å². The predicted molar refractivity (Wildman–Crippen MR) is 85.4 cm³/mol. The summed E-state index contributed by atoms with van der Waals surface area (Å²) in [5, 5.41) is 8.80. The molecule has 0 aliphatic carbocycles. The van der Waals surface area contributed by atoms with E-state index in [1.807, 2.05) is 42.5 Å². The summed E-state index contributed by atoms with van der Waals surface area (Å²) < 4.78 is 3.79. The van der Waals surface area contributed by atoms with Gasteiger partial charge in [0, 0.05) is 50.6 Å². The number of carbonyl (C=O) groups is 1. The van der Waals surface area contributed by atoms with E-state index >= 15 is 0 Å². The van der Waals surface area contributed by atoms with Crippen LogP contribution in [0.3, 0.4) is 0 Å². The molecule has 2 rings (SSSR count). The summed E-state index contributed by atoms with van der Waals surface area (Å²) in [4.78, 5) is 14.1. The molecule has 0 unspecified atom stereocenters. The van der Waals surface area contributed by atoms with Crippen LogP contribution in [0.2, 0.25) is 0 Å². The first-order valence-electron chi connectivity index (χ1n) is 7.69. The SMILES string of the molecule is CCn1nc(C)c(CN(C)C(=O)CCn2ccc(C)n2)c1C. The third kappa shape index (κ3) is 3.55. The maximum Gasteiger partial charge on any atom is 0.224 e. The molecule has 0 aromatic carbocycles. The Kier molecular flexibility index (Phi) is 5.00. The summed E-state index contributed by atoms with van der Waals surface area (Å²) in [6.07, 6.45) is 2.36. The van der Waals surface area contributed by atoms with E-state index in [-0.39, 0.29) is 5.91 Å². The Balaban J connectivity index is 1.95. The van der Waals surface area contributed by atoms with Gasteiger partial charge in [-0.1, -0.05) is 0 Å². The number of aryl methyl sites for hydroxylation is 4. The molecule has 0 spiro atoms. The zero-order valence-electron chi connectivity index (χ0n) is 14.1. The average Bonchev–Trinajstić information content (AvgIpc) is 3.02. The van der Waals surface area contributed by atoms with Crippen molar-refractivity contribution in [2.75, 3.05) is 7.05 Å². The third-order valence-electron chi connectivity index (χ3n) is 3.98. The summed E-state index contributed by atoms with van der Waals surface area (Å²) in [6, 6.07) is 1.94. The normalized spacial score (nSPS) is 11.0. The van der Waals surface area contributed by atoms with Crippen LogP contribution in [-0.4, -0.2) is 37.4 Å². The lowest BCUT2D eigenvalue weighted by Gasteiger charge is -2.17. The molecule has 2 heterocycles. The lowest BCUT2D eigenvalue weighted by atomic mass is 10.2. The van der Waals surface area contributed by atoms with Crippen LogP contribution in [0.4, 0.5) is 0 Å². The highest BCUT2D eigenvalue weighted by molar-refractivity contribution is 5.75. The van der Waals surface area contributed by atoms with Gasteiger partial charge in [0.2, 0.25) is 5.91 Å². The number of aromatic nitrogens is 4. The summed E-state index contributed by atoms with van der Waals surface area (Å²) in [6.45, 7) is 10.1. The molecule has 0 aliphatic rings. The minimum atomic E-state index is 0.121. The molecule has 0 atom stereocenters. The predicted octanol–water partition coefficient (Wildman–Crippen LogP) is 2.07. The fourth-order valence-corrected chi connectivity index (χ4v) is 2.58. The molecular formula is C16H25N5O. The van der Waals surface area contributed by atoms with Crippen LogP contribution in [0.15, 0.2) is 12.3 Å². The number of carbonyl (C=O) groups excluding carboxylic acids is 1. The number of nitrogens with zero attached hydrogens (tertiary/aromatic N) is 5. The van der Waals surface area contributed by atoms with Gasteiger partial charge in [-0.25, -0.2) is 0 Å². The number of rotatable bonds is 6. The molecular weight excluding hydrogens is 278 g/mol. The molecule has 0 radical (unpaired) electrons. The largest absolute Gasteiger partial charge is 0.341 e. The van der Waals surface area contributed by atoms with Gasteiger partial charge in [0.1, 0.15) is 0 Å². The van der Waals surface area contributed by atoms with Crippen molar-refractivity contribution in [2.45, 2.75) is 53.8 Å². The molecule has 120 valence electrons. The highest BCUT2D eigenvalue weighted by Crippen LogP contribution is 2.15. The van der Waals surface area contributed by atoms with Gasteiger partial charge in [-0.3, -0.25) is 14.2 Å². The van der Waals surface area contributed by atoms with Gasteiger partial charge in [0.05, 0.1) is 11.4 Å². The van der Waals surface area contributed by atoms with Gasteiger partial charge in [0.15, 0.2) is 0 Å². The van der Waals surface area contributed by atoms with E-state index in [2.05, 4.69) is 24.0 Å². The standard InChI is InChI=1S/C16H25N5O/c1-6-21-14(4)15(13(3)18-21)11-19(5)16(22)8-10-20-9-7-12(2)17-20/h7,9H,6,8,10-11H2,1-5H3. The number of hydrogen-bond acceptors (Lipinski definition) is 3. The van der Waals surface area contributed by atoms with Gasteiger partial charge >= 0.3 is 0 Å². The second-order valence-corrected chi connectivity index (χ2v) is 5.69. The first kappa shape index (κ1) is 16.3. The molecule has 0 saturated heterocycles. The van der Waals surface area contributed by atoms with Crippen LogP contribution >= 0.6 is 0 Å². The minimum absolute atomic E-state index is 0.121. The fourth-order valence-electron chi connectivity index (χ4n) is 2.58. The summed E-state index contributed by atoms with van der Waals surface area (Å²) in [7, 11) is 1.85. The average molecular weight is 303 g/mol. The third-order valence-corrected chi connectivity index (χ3v) is 3.98. The Morgan fingerprint density at radius 3 is 2.55 bits per heavy atom. The topological polar surface area (TPSA) is 56.0 Å². The zero-order chi connectivity index (χ0) is 16.3.